The van der Waals surface area contributed by atoms with Crippen LogP contribution in [0.4, 0.5) is 5.69 Å². The van der Waals surface area contributed by atoms with Crippen LogP contribution < -0.4 is 5.32 Å². The molecule has 3 nitrogen and oxygen atoms in total. The number of rotatable bonds is 2. The molecule has 1 atom stereocenters. The first kappa shape index (κ1) is 12.9. The molecular formula is C17H18N2O. The lowest BCUT2D eigenvalue weighted by atomic mass is 9.92. The molecule has 0 fully saturated rings. The van der Waals surface area contributed by atoms with Gasteiger partial charge < -0.3 is 5.32 Å². The average Bonchev–Trinajstić information content (AvgIpc) is 2.48. The van der Waals surface area contributed by atoms with E-state index in [0.717, 1.165) is 24.2 Å². The summed E-state index contributed by atoms with van der Waals surface area (Å²) < 4.78 is 0. The van der Waals surface area contributed by atoms with Gasteiger partial charge in [-0.05, 0) is 36.7 Å². The van der Waals surface area contributed by atoms with Gasteiger partial charge in [0.15, 0.2) is 0 Å². The first-order valence-electron chi connectivity index (χ1n) is 6.89. The SMILES string of the molecule is CN1CCc2ccccc2C1C(=O)Nc1ccccc1. The van der Waals surface area contributed by atoms with E-state index in [1.165, 1.54) is 5.56 Å². The molecule has 3 rings (SSSR count). The highest BCUT2D eigenvalue weighted by Gasteiger charge is 2.30. The number of fused-ring (bicyclic) bond motifs is 1. The minimum Gasteiger partial charge on any atom is -0.324 e. The number of anilines is 1. The van der Waals surface area contributed by atoms with Crippen LogP contribution >= 0.6 is 0 Å². The number of nitrogens with zero attached hydrogens (tertiary/aromatic N) is 1. The van der Waals surface area contributed by atoms with Crippen molar-refractivity contribution in [2.45, 2.75) is 12.5 Å². The number of carbonyl (C=O) groups is 1. The van der Waals surface area contributed by atoms with E-state index < -0.39 is 0 Å². The molecule has 1 aliphatic heterocycles. The molecular weight excluding hydrogens is 248 g/mol. The highest BCUT2D eigenvalue weighted by atomic mass is 16.2. The van der Waals surface area contributed by atoms with Crippen LogP contribution in [0.1, 0.15) is 17.2 Å². The van der Waals surface area contributed by atoms with Crippen molar-refractivity contribution in [3.8, 4) is 0 Å². The summed E-state index contributed by atoms with van der Waals surface area (Å²) in [7, 11) is 2.01. The number of nitrogens with one attached hydrogen (secondary N) is 1. The van der Waals surface area contributed by atoms with Gasteiger partial charge in [-0.15, -0.1) is 0 Å². The van der Waals surface area contributed by atoms with Gasteiger partial charge >= 0.3 is 0 Å². The molecule has 0 aliphatic carbocycles. The quantitative estimate of drug-likeness (QED) is 0.906. The van der Waals surface area contributed by atoms with Crippen molar-refractivity contribution in [2.75, 3.05) is 18.9 Å². The zero-order valence-corrected chi connectivity index (χ0v) is 11.5. The van der Waals surface area contributed by atoms with E-state index in [0.29, 0.717) is 0 Å². The molecule has 102 valence electrons. The van der Waals surface area contributed by atoms with Gasteiger partial charge in [-0.25, -0.2) is 0 Å². The number of likely N-dealkylation sites (N-methyl/N-ethyl adjacent to an activating group) is 1. The van der Waals surface area contributed by atoms with E-state index in [1.54, 1.807) is 0 Å². The predicted octanol–water partition coefficient (Wildman–Crippen LogP) is 2.85. The maximum Gasteiger partial charge on any atom is 0.246 e. The Hall–Kier alpha value is -2.13. The number of hydrogen-bond acceptors (Lipinski definition) is 2. The summed E-state index contributed by atoms with van der Waals surface area (Å²) in [5, 5.41) is 3.00. The number of para-hydroxylation sites is 1. The Balaban J connectivity index is 1.87. The Labute approximate surface area is 119 Å². The van der Waals surface area contributed by atoms with Crippen LogP contribution in [0.2, 0.25) is 0 Å². The third-order valence-corrected chi connectivity index (χ3v) is 3.81. The molecule has 1 amide bonds. The van der Waals surface area contributed by atoms with Crippen molar-refractivity contribution in [1.82, 2.24) is 4.90 Å². The summed E-state index contributed by atoms with van der Waals surface area (Å²) in [6.07, 6.45) is 1.00. The van der Waals surface area contributed by atoms with Crippen molar-refractivity contribution in [3.63, 3.8) is 0 Å². The smallest absolute Gasteiger partial charge is 0.246 e. The molecule has 0 saturated heterocycles. The Morgan fingerprint density at radius 1 is 1.10 bits per heavy atom. The zero-order valence-electron chi connectivity index (χ0n) is 11.5. The molecule has 0 saturated carbocycles. The summed E-state index contributed by atoms with van der Waals surface area (Å²) in [4.78, 5) is 14.7. The van der Waals surface area contributed by atoms with E-state index in [4.69, 9.17) is 0 Å². The van der Waals surface area contributed by atoms with Gasteiger partial charge in [0.1, 0.15) is 6.04 Å². The van der Waals surface area contributed by atoms with Crippen LogP contribution in [0.25, 0.3) is 0 Å². The molecule has 2 aromatic carbocycles. The fourth-order valence-corrected chi connectivity index (χ4v) is 2.77. The molecule has 1 N–H and O–H groups in total. The molecule has 0 bridgehead atoms. The highest BCUT2D eigenvalue weighted by molar-refractivity contribution is 5.95. The molecule has 0 aromatic heterocycles. The lowest BCUT2D eigenvalue weighted by Crippen LogP contribution is -2.39. The van der Waals surface area contributed by atoms with Crippen molar-refractivity contribution < 1.29 is 4.79 Å². The molecule has 20 heavy (non-hydrogen) atoms. The summed E-state index contributed by atoms with van der Waals surface area (Å²) in [6.45, 7) is 0.907. The molecule has 3 heteroatoms. The first-order chi connectivity index (χ1) is 9.75. The first-order valence-corrected chi connectivity index (χ1v) is 6.89. The van der Waals surface area contributed by atoms with Gasteiger partial charge in [-0.3, -0.25) is 9.69 Å². The fourth-order valence-electron chi connectivity index (χ4n) is 2.77. The van der Waals surface area contributed by atoms with E-state index in [2.05, 4.69) is 22.3 Å². The van der Waals surface area contributed by atoms with Crippen molar-refractivity contribution in [3.05, 3.63) is 65.7 Å². The zero-order chi connectivity index (χ0) is 13.9. The van der Waals surface area contributed by atoms with E-state index >= 15 is 0 Å². The topological polar surface area (TPSA) is 32.3 Å². The molecule has 1 aliphatic rings. The summed E-state index contributed by atoms with van der Waals surface area (Å²) >= 11 is 0. The van der Waals surface area contributed by atoms with Gasteiger partial charge in [0.2, 0.25) is 5.91 Å². The van der Waals surface area contributed by atoms with Crippen LogP contribution in [-0.4, -0.2) is 24.4 Å². The third-order valence-electron chi connectivity index (χ3n) is 3.81. The minimum atomic E-state index is -0.208. The van der Waals surface area contributed by atoms with Crippen LogP contribution in [0, 0.1) is 0 Å². The lowest BCUT2D eigenvalue weighted by molar-refractivity contribution is -0.121. The van der Waals surface area contributed by atoms with Crippen LogP contribution in [0.5, 0.6) is 0 Å². The molecule has 0 radical (unpaired) electrons. The maximum absolute atomic E-state index is 12.6. The summed E-state index contributed by atoms with van der Waals surface area (Å²) in [5.74, 6) is 0.0332. The van der Waals surface area contributed by atoms with Gasteiger partial charge in [0.05, 0.1) is 0 Å². The predicted molar refractivity (Wildman–Crippen MR) is 80.6 cm³/mol. The van der Waals surface area contributed by atoms with Gasteiger partial charge in [0, 0.05) is 12.2 Å². The summed E-state index contributed by atoms with van der Waals surface area (Å²) in [6, 6.07) is 17.6. The minimum absolute atomic E-state index is 0.0332. The Bertz CT molecular complexity index is 609. The molecule has 2 aromatic rings. The maximum atomic E-state index is 12.6. The van der Waals surface area contributed by atoms with Crippen LogP contribution in [0.15, 0.2) is 54.6 Å². The van der Waals surface area contributed by atoms with Crippen molar-refractivity contribution >= 4 is 11.6 Å². The van der Waals surface area contributed by atoms with E-state index in [-0.39, 0.29) is 11.9 Å². The van der Waals surface area contributed by atoms with Crippen LogP contribution in [0.3, 0.4) is 0 Å². The van der Waals surface area contributed by atoms with Crippen molar-refractivity contribution in [2.24, 2.45) is 0 Å². The van der Waals surface area contributed by atoms with Gasteiger partial charge in [-0.2, -0.15) is 0 Å². The second kappa shape index (κ2) is 5.47. The number of carbonyl (C=O) groups excluding carboxylic acids is 1. The Kier molecular flexibility index (Phi) is 3.52. The second-order valence-corrected chi connectivity index (χ2v) is 5.19. The Morgan fingerprint density at radius 2 is 1.80 bits per heavy atom. The largest absolute Gasteiger partial charge is 0.324 e. The number of hydrogen-bond donors (Lipinski definition) is 1. The fraction of sp³-hybridized carbons (Fsp3) is 0.235. The molecule has 1 heterocycles. The summed E-state index contributed by atoms with van der Waals surface area (Å²) in [5.41, 5.74) is 3.24. The highest BCUT2D eigenvalue weighted by Crippen LogP contribution is 2.29. The third kappa shape index (κ3) is 2.45. The van der Waals surface area contributed by atoms with Gasteiger partial charge in [0.25, 0.3) is 0 Å². The average molecular weight is 266 g/mol. The monoisotopic (exact) mass is 266 g/mol. The molecule has 0 spiro atoms. The Morgan fingerprint density at radius 3 is 2.60 bits per heavy atom. The molecule has 1 unspecified atom stereocenters. The van der Waals surface area contributed by atoms with Gasteiger partial charge in [-0.1, -0.05) is 42.5 Å². The van der Waals surface area contributed by atoms with E-state index in [9.17, 15) is 4.79 Å². The second-order valence-electron chi connectivity index (χ2n) is 5.19. The standard InChI is InChI=1S/C17H18N2O/c1-19-12-11-13-7-5-6-10-15(13)16(19)17(20)18-14-8-3-2-4-9-14/h2-10,16H,11-12H2,1H3,(H,18,20). The lowest BCUT2D eigenvalue weighted by Gasteiger charge is -2.33. The normalized spacial score (nSPS) is 18.4. The van der Waals surface area contributed by atoms with Crippen LogP contribution in [-0.2, 0) is 11.2 Å². The number of benzene rings is 2. The number of amides is 1. The van der Waals surface area contributed by atoms with Crippen molar-refractivity contribution in [1.29, 1.82) is 0 Å². The van der Waals surface area contributed by atoms with E-state index in [1.807, 2.05) is 49.5 Å².